The van der Waals surface area contributed by atoms with Gasteiger partial charge in [0, 0.05) is 54.1 Å². The molecular formula is C40H59F3N6OS. The number of hydrogen-bond donors (Lipinski definition) is 2. The normalized spacial score (nSPS) is 21.8. The maximum Gasteiger partial charge on any atom is 0.318 e. The van der Waals surface area contributed by atoms with E-state index >= 15 is 4.39 Å². The number of nitrogens with zero attached hydrogens (tertiary/aromatic N) is 4. The van der Waals surface area contributed by atoms with E-state index in [0.717, 1.165) is 50.0 Å². The predicted molar refractivity (Wildman–Crippen MR) is 210 cm³/mol. The van der Waals surface area contributed by atoms with Crippen molar-refractivity contribution >= 4 is 43.1 Å². The van der Waals surface area contributed by atoms with Crippen molar-refractivity contribution in [3.8, 4) is 17.1 Å². The Morgan fingerprint density at radius 2 is 1.63 bits per heavy atom. The van der Waals surface area contributed by atoms with E-state index in [9.17, 15) is 8.78 Å². The van der Waals surface area contributed by atoms with E-state index in [1.54, 1.807) is 6.07 Å². The van der Waals surface area contributed by atoms with Crippen LogP contribution >= 0.6 is 11.3 Å². The SMILES string of the molecule is CC.CCC.CCC.COc1nc(N2CC3CCC(C2)N3)c2cc(C)c(-c3ccc(F)c4sc(N)c(C)c34)c(F)c2n1.FC1CC2CCCN2C1. The van der Waals surface area contributed by atoms with Crippen LogP contribution in [0.2, 0.25) is 0 Å². The van der Waals surface area contributed by atoms with Gasteiger partial charge >= 0.3 is 6.01 Å². The lowest BCUT2D eigenvalue weighted by Gasteiger charge is -2.34. The number of thiophene rings is 1. The highest BCUT2D eigenvalue weighted by Crippen LogP contribution is 2.44. The molecule has 4 atom stereocenters. The zero-order valence-electron chi connectivity index (χ0n) is 32.1. The first-order chi connectivity index (χ1) is 24.5. The molecule has 4 saturated heterocycles. The monoisotopic (exact) mass is 728 g/mol. The average Bonchev–Trinajstić information content (AvgIpc) is 3.87. The number of hydrogen-bond acceptors (Lipinski definition) is 8. The molecule has 0 aliphatic carbocycles. The maximum absolute atomic E-state index is 16.3. The van der Waals surface area contributed by atoms with E-state index in [-0.39, 0.29) is 17.3 Å². The summed E-state index contributed by atoms with van der Waals surface area (Å²) in [6.07, 6.45) is 7.57. The van der Waals surface area contributed by atoms with Crippen LogP contribution in [0.15, 0.2) is 18.2 Å². The smallest absolute Gasteiger partial charge is 0.318 e. The summed E-state index contributed by atoms with van der Waals surface area (Å²) in [5.41, 5.74) is 8.80. The number of nitrogen functional groups attached to an aromatic ring is 1. The highest BCUT2D eigenvalue weighted by Gasteiger charge is 2.35. The van der Waals surface area contributed by atoms with E-state index in [4.69, 9.17) is 10.5 Å². The Morgan fingerprint density at radius 3 is 2.24 bits per heavy atom. The summed E-state index contributed by atoms with van der Waals surface area (Å²) in [5, 5.41) is 5.44. The highest BCUT2D eigenvalue weighted by atomic mass is 32.1. The zero-order valence-corrected chi connectivity index (χ0v) is 33.0. The quantitative estimate of drug-likeness (QED) is 0.217. The molecule has 4 fully saturated rings. The van der Waals surface area contributed by atoms with E-state index < -0.39 is 12.0 Å². The molecule has 0 amide bonds. The molecule has 0 spiro atoms. The molecule has 2 bridgehead atoms. The van der Waals surface area contributed by atoms with Gasteiger partial charge in [0.1, 0.15) is 23.3 Å². The number of nitrogens with two attached hydrogens (primary N) is 1. The minimum absolute atomic E-state index is 0.127. The zero-order chi connectivity index (χ0) is 37.4. The van der Waals surface area contributed by atoms with Crippen LogP contribution in [-0.2, 0) is 0 Å². The Morgan fingerprint density at radius 1 is 0.980 bits per heavy atom. The molecule has 0 saturated carbocycles. The van der Waals surface area contributed by atoms with Crippen LogP contribution in [-0.4, -0.2) is 72.5 Å². The fourth-order valence-electron chi connectivity index (χ4n) is 7.52. The largest absolute Gasteiger partial charge is 0.467 e. The second kappa shape index (κ2) is 18.6. The molecule has 11 heteroatoms. The Bertz CT molecular complexity index is 1720. The second-order valence-corrected chi connectivity index (χ2v) is 14.8. The number of methoxy groups -OCH3 is 1. The summed E-state index contributed by atoms with van der Waals surface area (Å²) in [6, 6.07) is 6.48. The van der Waals surface area contributed by atoms with Crippen molar-refractivity contribution in [3.63, 3.8) is 0 Å². The van der Waals surface area contributed by atoms with Crippen LogP contribution in [0, 0.1) is 25.5 Å². The number of fused-ring (bicyclic) bond motifs is 5. The number of piperazine rings is 1. The summed E-state index contributed by atoms with van der Waals surface area (Å²) in [5.74, 6) is -0.136. The Labute approximate surface area is 307 Å². The third kappa shape index (κ3) is 8.91. The highest BCUT2D eigenvalue weighted by molar-refractivity contribution is 7.23. The fourth-order valence-corrected chi connectivity index (χ4v) is 8.53. The molecule has 2 aromatic heterocycles. The summed E-state index contributed by atoms with van der Waals surface area (Å²) in [4.78, 5) is 13.5. The minimum Gasteiger partial charge on any atom is -0.467 e. The van der Waals surface area contributed by atoms with Gasteiger partial charge in [-0.15, -0.1) is 11.3 Å². The number of alkyl halides is 1. The lowest BCUT2D eigenvalue weighted by Crippen LogP contribution is -2.51. The van der Waals surface area contributed by atoms with Gasteiger partial charge in [0.25, 0.3) is 0 Å². The number of halogens is 3. The Balaban J connectivity index is 0.000000285. The van der Waals surface area contributed by atoms with Crippen molar-refractivity contribution in [2.24, 2.45) is 0 Å². The van der Waals surface area contributed by atoms with Crippen molar-refractivity contribution in [2.45, 2.75) is 125 Å². The van der Waals surface area contributed by atoms with Crippen molar-refractivity contribution in [3.05, 3.63) is 41.0 Å². The van der Waals surface area contributed by atoms with Crippen LogP contribution in [0.3, 0.4) is 0 Å². The first kappa shape index (κ1) is 40.6. The first-order valence-corrected chi connectivity index (χ1v) is 19.8. The average molecular weight is 729 g/mol. The van der Waals surface area contributed by atoms with Gasteiger partial charge in [-0.2, -0.15) is 9.97 Å². The minimum atomic E-state index is -0.518. The molecule has 8 rings (SSSR count). The Kier molecular flexibility index (Phi) is 14.8. The summed E-state index contributed by atoms with van der Waals surface area (Å²) < 4.78 is 49.3. The van der Waals surface area contributed by atoms with Gasteiger partial charge < -0.3 is 20.7 Å². The molecule has 3 N–H and O–H groups in total. The molecule has 282 valence electrons. The number of rotatable bonds is 3. The molecule has 0 radical (unpaired) electrons. The third-order valence-corrected chi connectivity index (χ3v) is 10.7. The fraction of sp³-hybridized carbons (Fsp3) is 0.600. The van der Waals surface area contributed by atoms with Gasteiger partial charge in [-0.05, 0) is 81.3 Å². The van der Waals surface area contributed by atoms with Crippen LogP contribution in [0.25, 0.3) is 32.1 Å². The van der Waals surface area contributed by atoms with E-state index in [2.05, 4.69) is 52.8 Å². The van der Waals surface area contributed by atoms with Crippen LogP contribution in [0.5, 0.6) is 6.01 Å². The molecule has 6 heterocycles. The van der Waals surface area contributed by atoms with E-state index in [1.165, 1.54) is 50.2 Å². The number of aryl methyl sites for hydroxylation is 2. The standard InChI is InChI=1S/C25H25F2N5OS.C7H12FN.2C3H8.C2H6/c1-11-8-16-21(30-25(33-3)31-24(16)32-9-13-4-5-14(10-32)29-13)20(27)18(11)15-6-7-17(26)22-19(15)12(2)23(28)34-22;8-6-4-7-2-1-3-9(7)5-6;2*1-3-2;1-2/h6-8,13-14,29H,4-5,9-10,28H2,1-3H3;6-7H,1-5H2;2*3H2,1-2H3;1-2H3. The van der Waals surface area contributed by atoms with Gasteiger partial charge in [-0.3, -0.25) is 4.90 Å². The number of anilines is 2. The lowest BCUT2D eigenvalue weighted by atomic mass is 9.93. The molecule has 4 aromatic rings. The van der Waals surface area contributed by atoms with Crippen LogP contribution < -0.4 is 20.7 Å². The van der Waals surface area contributed by atoms with Crippen molar-refractivity contribution in [1.82, 2.24) is 20.2 Å². The van der Waals surface area contributed by atoms with Crippen LogP contribution in [0.4, 0.5) is 24.0 Å². The molecule has 51 heavy (non-hydrogen) atoms. The van der Waals surface area contributed by atoms with E-state index in [1.807, 2.05) is 33.8 Å². The number of aromatic nitrogens is 2. The molecule has 4 aliphatic heterocycles. The van der Waals surface area contributed by atoms with Gasteiger partial charge in [-0.1, -0.05) is 60.5 Å². The number of nitrogens with one attached hydrogen (secondary N) is 1. The van der Waals surface area contributed by atoms with Crippen LogP contribution in [0.1, 0.15) is 97.6 Å². The van der Waals surface area contributed by atoms with Crippen molar-refractivity contribution in [1.29, 1.82) is 0 Å². The third-order valence-electron chi connectivity index (χ3n) is 9.58. The van der Waals surface area contributed by atoms with Gasteiger partial charge in [0.05, 0.1) is 16.8 Å². The van der Waals surface area contributed by atoms with Gasteiger partial charge in [-0.25, -0.2) is 13.2 Å². The van der Waals surface area contributed by atoms with Gasteiger partial charge in [0.15, 0.2) is 5.82 Å². The molecule has 4 unspecified atom stereocenters. The first-order valence-electron chi connectivity index (χ1n) is 19.0. The lowest BCUT2D eigenvalue weighted by molar-refractivity contribution is 0.292. The second-order valence-electron chi connectivity index (χ2n) is 13.8. The van der Waals surface area contributed by atoms with Crippen molar-refractivity contribution < 1.29 is 17.9 Å². The molecule has 7 nitrogen and oxygen atoms in total. The maximum atomic E-state index is 16.3. The molecular weight excluding hydrogens is 670 g/mol. The predicted octanol–water partition coefficient (Wildman–Crippen LogP) is 9.99. The summed E-state index contributed by atoms with van der Waals surface area (Å²) in [7, 11) is 1.49. The Hall–Kier alpha value is -3.15. The number of benzene rings is 2. The molecule has 4 aliphatic rings. The van der Waals surface area contributed by atoms with E-state index in [0.29, 0.717) is 62.1 Å². The number of ether oxygens (including phenoxy) is 1. The van der Waals surface area contributed by atoms with Gasteiger partial charge in [0.2, 0.25) is 0 Å². The topological polar surface area (TPSA) is 79.5 Å². The molecule has 2 aromatic carbocycles. The summed E-state index contributed by atoms with van der Waals surface area (Å²) in [6.45, 7) is 19.7. The summed E-state index contributed by atoms with van der Waals surface area (Å²) >= 11 is 1.19. The van der Waals surface area contributed by atoms with Crippen molar-refractivity contribution in [2.75, 3.05) is 43.9 Å².